The van der Waals surface area contributed by atoms with E-state index >= 15 is 0 Å². The van der Waals surface area contributed by atoms with Crippen LogP contribution in [0.3, 0.4) is 0 Å². The highest BCUT2D eigenvalue weighted by Crippen LogP contribution is 2.16. The predicted molar refractivity (Wildman–Crippen MR) is 71.8 cm³/mol. The van der Waals surface area contributed by atoms with Crippen molar-refractivity contribution in [3.63, 3.8) is 0 Å². The smallest absolute Gasteiger partial charge is 0.0469 e. The first-order valence-corrected chi connectivity index (χ1v) is 6.68. The largest absolute Gasteiger partial charge is 0.382 e. The lowest BCUT2D eigenvalue weighted by molar-refractivity contribution is 0.126. The van der Waals surface area contributed by atoms with E-state index in [0.29, 0.717) is 0 Å². The molecular formula is C14H31NO. The number of hydrogen-bond donors (Lipinski definition) is 1. The first-order valence-electron chi connectivity index (χ1n) is 6.68. The normalized spacial score (nSPS) is 14.4. The van der Waals surface area contributed by atoms with Gasteiger partial charge in [0.1, 0.15) is 0 Å². The lowest BCUT2D eigenvalue weighted by atomic mass is 9.93. The van der Waals surface area contributed by atoms with Gasteiger partial charge in [0, 0.05) is 18.8 Å². The molecule has 1 N–H and O–H groups in total. The summed E-state index contributed by atoms with van der Waals surface area (Å²) >= 11 is 0. The first-order chi connectivity index (χ1) is 7.35. The van der Waals surface area contributed by atoms with Crippen LogP contribution < -0.4 is 5.32 Å². The molecule has 0 aromatic rings. The fraction of sp³-hybridized carbons (Fsp3) is 1.00. The first kappa shape index (κ1) is 15.9. The summed E-state index contributed by atoms with van der Waals surface area (Å²) in [7, 11) is 0. The van der Waals surface area contributed by atoms with Crippen LogP contribution in [0, 0.1) is 11.8 Å². The highest BCUT2D eigenvalue weighted by atomic mass is 16.5. The van der Waals surface area contributed by atoms with Crippen LogP contribution in [-0.2, 0) is 4.74 Å². The van der Waals surface area contributed by atoms with Gasteiger partial charge in [0.2, 0.25) is 0 Å². The van der Waals surface area contributed by atoms with Crippen LogP contribution in [-0.4, -0.2) is 25.3 Å². The second-order valence-corrected chi connectivity index (χ2v) is 6.11. The maximum Gasteiger partial charge on any atom is 0.0469 e. The zero-order valence-electron chi connectivity index (χ0n) is 12.1. The molecule has 0 aliphatic rings. The van der Waals surface area contributed by atoms with E-state index in [1.54, 1.807) is 0 Å². The number of hydrogen-bond acceptors (Lipinski definition) is 2. The van der Waals surface area contributed by atoms with Crippen LogP contribution in [0.5, 0.6) is 0 Å². The third-order valence-electron chi connectivity index (χ3n) is 2.60. The lowest BCUT2D eigenvalue weighted by Crippen LogP contribution is -2.39. The van der Waals surface area contributed by atoms with E-state index in [2.05, 4.69) is 46.9 Å². The quantitative estimate of drug-likeness (QED) is 0.644. The lowest BCUT2D eigenvalue weighted by Gasteiger charge is -2.26. The molecule has 98 valence electrons. The standard InChI is InChI=1S/C14H31NO/c1-7-16-9-8-13(10-12(2)3)11-15-14(4,5)6/h12-13,15H,7-11H2,1-6H3. The fourth-order valence-corrected chi connectivity index (χ4v) is 1.81. The molecule has 1 atom stereocenters. The fourth-order valence-electron chi connectivity index (χ4n) is 1.81. The highest BCUT2D eigenvalue weighted by molar-refractivity contribution is 4.74. The van der Waals surface area contributed by atoms with Gasteiger partial charge >= 0.3 is 0 Å². The molecule has 0 saturated carbocycles. The van der Waals surface area contributed by atoms with Gasteiger partial charge < -0.3 is 10.1 Å². The SMILES string of the molecule is CCOCCC(CNC(C)(C)C)CC(C)C. The monoisotopic (exact) mass is 229 g/mol. The molecule has 1 unspecified atom stereocenters. The molecule has 0 aliphatic heterocycles. The van der Waals surface area contributed by atoms with E-state index in [0.717, 1.165) is 31.6 Å². The molecule has 2 heteroatoms. The average molecular weight is 229 g/mol. The minimum atomic E-state index is 0.223. The third kappa shape index (κ3) is 10.4. The van der Waals surface area contributed by atoms with Crippen molar-refractivity contribution in [1.29, 1.82) is 0 Å². The molecule has 0 heterocycles. The zero-order valence-corrected chi connectivity index (χ0v) is 12.1. The summed E-state index contributed by atoms with van der Waals surface area (Å²) in [6.07, 6.45) is 2.46. The van der Waals surface area contributed by atoms with Gasteiger partial charge in [0.05, 0.1) is 0 Å². The van der Waals surface area contributed by atoms with Gasteiger partial charge in [-0.3, -0.25) is 0 Å². The maximum absolute atomic E-state index is 5.45. The van der Waals surface area contributed by atoms with E-state index in [-0.39, 0.29) is 5.54 Å². The second kappa shape index (κ2) is 8.08. The number of ether oxygens (including phenoxy) is 1. The highest BCUT2D eigenvalue weighted by Gasteiger charge is 2.15. The molecule has 0 bridgehead atoms. The van der Waals surface area contributed by atoms with Gasteiger partial charge in [-0.2, -0.15) is 0 Å². The molecular weight excluding hydrogens is 198 g/mol. The molecule has 0 rings (SSSR count). The predicted octanol–water partition coefficient (Wildman–Crippen LogP) is 3.46. The van der Waals surface area contributed by atoms with Crippen LogP contribution in [0.4, 0.5) is 0 Å². The topological polar surface area (TPSA) is 21.3 Å². The summed E-state index contributed by atoms with van der Waals surface area (Å²) in [5.41, 5.74) is 0.223. The van der Waals surface area contributed by atoms with Crippen molar-refractivity contribution < 1.29 is 4.74 Å². The Labute approximate surface area is 102 Å². The Bertz CT molecular complexity index is 161. The van der Waals surface area contributed by atoms with Crippen LogP contribution in [0.25, 0.3) is 0 Å². The minimum absolute atomic E-state index is 0.223. The molecule has 0 aromatic heterocycles. The van der Waals surface area contributed by atoms with E-state index in [9.17, 15) is 0 Å². The molecule has 0 saturated heterocycles. The Morgan fingerprint density at radius 2 is 1.81 bits per heavy atom. The Morgan fingerprint density at radius 1 is 1.19 bits per heavy atom. The summed E-state index contributed by atoms with van der Waals surface area (Å²) in [6.45, 7) is 16.2. The molecule has 16 heavy (non-hydrogen) atoms. The molecule has 0 fully saturated rings. The van der Waals surface area contributed by atoms with Crippen molar-refractivity contribution in [3.05, 3.63) is 0 Å². The minimum Gasteiger partial charge on any atom is -0.382 e. The molecule has 0 aliphatic carbocycles. The van der Waals surface area contributed by atoms with Crippen LogP contribution >= 0.6 is 0 Å². The molecule has 0 aromatic carbocycles. The summed E-state index contributed by atoms with van der Waals surface area (Å²) in [5.74, 6) is 1.51. The second-order valence-electron chi connectivity index (χ2n) is 6.11. The number of rotatable bonds is 8. The van der Waals surface area contributed by atoms with Gasteiger partial charge in [-0.05, 0) is 58.9 Å². The van der Waals surface area contributed by atoms with Gasteiger partial charge in [0.15, 0.2) is 0 Å². The van der Waals surface area contributed by atoms with E-state index in [1.807, 2.05) is 0 Å². The zero-order chi connectivity index (χ0) is 12.6. The van der Waals surface area contributed by atoms with Crippen molar-refractivity contribution in [1.82, 2.24) is 5.32 Å². The van der Waals surface area contributed by atoms with Gasteiger partial charge in [0.25, 0.3) is 0 Å². The van der Waals surface area contributed by atoms with Crippen molar-refractivity contribution in [3.8, 4) is 0 Å². The van der Waals surface area contributed by atoms with Gasteiger partial charge in [-0.25, -0.2) is 0 Å². The van der Waals surface area contributed by atoms with Crippen molar-refractivity contribution in [2.75, 3.05) is 19.8 Å². The Kier molecular flexibility index (Phi) is 8.04. The van der Waals surface area contributed by atoms with Gasteiger partial charge in [-0.1, -0.05) is 13.8 Å². The van der Waals surface area contributed by atoms with Gasteiger partial charge in [-0.15, -0.1) is 0 Å². The molecule has 0 radical (unpaired) electrons. The maximum atomic E-state index is 5.45. The van der Waals surface area contributed by atoms with E-state index < -0.39 is 0 Å². The van der Waals surface area contributed by atoms with Crippen LogP contribution in [0.1, 0.15) is 54.4 Å². The Balaban J connectivity index is 3.90. The summed E-state index contributed by atoms with van der Waals surface area (Å²) in [6, 6.07) is 0. The third-order valence-corrected chi connectivity index (χ3v) is 2.60. The molecule has 0 amide bonds. The molecule has 0 spiro atoms. The van der Waals surface area contributed by atoms with Crippen molar-refractivity contribution in [2.24, 2.45) is 11.8 Å². The summed E-state index contributed by atoms with van der Waals surface area (Å²) in [4.78, 5) is 0. The number of nitrogens with one attached hydrogen (secondary N) is 1. The van der Waals surface area contributed by atoms with Crippen LogP contribution in [0.2, 0.25) is 0 Å². The Morgan fingerprint density at radius 3 is 2.25 bits per heavy atom. The van der Waals surface area contributed by atoms with Crippen LogP contribution in [0.15, 0.2) is 0 Å². The van der Waals surface area contributed by atoms with E-state index in [1.165, 1.54) is 12.8 Å². The average Bonchev–Trinajstić information content (AvgIpc) is 2.12. The molecule has 2 nitrogen and oxygen atoms in total. The van der Waals surface area contributed by atoms with E-state index in [4.69, 9.17) is 4.74 Å². The van der Waals surface area contributed by atoms with Crippen molar-refractivity contribution in [2.45, 2.75) is 59.9 Å². The summed E-state index contributed by atoms with van der Waals surface area (Å²) in [5, 5.41) is 3.60. The Hall–Kier alpha value is -0.0800. The van der Waals surface area contributed by atoms with Crippen molar-refractivity contribution >= 4 is 0 Å². The summed E-state index contributed by atoms with van der Waals surface area (Å²) < 4.78 is 5.45.